The van der Waals surface area contributed by atoms with E-state index in [4.69, 9.17) is 16.6 Å². The molecule has 0 radical (unpaired) electrons. The predicted octanol–water partition coefficient (Wildman–Crippen LogP) is 6.41. The summed E-state index contributed by atoms with van der Waals surface area (Å²) in [6, 6.07) is 12.5. The maximum Gasteiger partial charge on any atom is 0.227 e. The van der Waals surface area contributed by atoms with Crippen LogP contribution in [0.5, 0.6) is 0 Å². The highest BCUT2D eigenvalue weighted by molar-refractivity contribution is 5.66. The Kier molecular flexibility index (Phi) is 12.5. The number of hydrogen-bond donors (Lipinski definition) is 4. The fraction of sp³-hybridized carbons (Fsp3) is 0.400. The Morgan fingerprint density at radius 1 is 1.05 bits per heavy atom. The Morgan fingerprint density at radius 2 is 1.75 bits per heavy atom. The van der Waals surface area contributed by atoms with E-state index in [1.54, 1.807) is 0 Å². The number of anilines is 4. The van der Waals surface area contributed by atoms with Crippen LogP contribution in [-0.2, 0) is 17.9 Å². The zero-order chi connectivity index (χ0) is 32.4. The molecule has 236 valence electrons. The summed E-state index contributed by atoms with van der Waals surface area (Å²) in [5, 5.41) is 3.35. The van der Waals surface area contributed by atoms with E-state index in [1.165, 1.54) is 22.3 Å². The smallest absolute Gasteiger partial charge is 0.227 e. The van der Waals surface area contributed by atoms with E-state index in [2.05, 4.69) is 86.1 Å². The van der Waals surface area contributed by atoms with Crippen molar-refractivity contribution < 1.29 is 4.79 Å². The van der Waals surface area contributed by atoms with Crippen molar-refractivity contribution in [3.8, 4) is 0 Å². The molecule has 6 N–H and O–H groups in total. The van der Waals surface area contributed by atoms with Crippen molar-refractivity contribution in [1.82, 2.24) is 19.8 Å². The largest absolute Gasteiger partial charge is 0.397 e. The summed E-state index contributed by atoms with van der Waals surface area (Å²) in [6.45, 7) is 21.7. The normalized spacial score (nSPS) is 17.2. The van der Waals surface area contributed by atoms with Crippen LogP contribution in [0.4, 0.5) is 23.0 Å². The van der Waals surface area contributed by atoms with Crippen LogP contribution in [0.3, 0.4) is 0 Å². The molecule has 0 aliphatic carbocycles. The standard InChI is InChI=1S/C21H27N5O.C7H11N3.C7H12/c1-14-6-15(2)8-18(7-14)23-21-22-9-17-11-26(12-19(17)24-21)20-4-5-25(13-27)10-16(20)3;1-5-2-3-7(10-9)6(8)4-5;1-6(2)5-7(3)4/h6-9,13,16,20H,4-5,10-12H2,1-3H3,(H,22,23,24);2-4,10H,8-9H2,1H3;5H,1H2,2-4H3/t16-,20?;;/m1../s1. The summed E-state index contributed by atoms with van der Waals surface area (Å²) >= 11 is 0. The molecule has 1 amide bonds. The molecule has 3 aromatic rings. The van der Waals surface area contributed by atoms with Crippen molar-refractivity contribution in [1.29, 1.82) is 0 Å². The summed E-state index contributed by atoms with van der Waals surface area (Å²) in [5.41, 5.74) is 18.9. The van der Waals surface area contributed by atoms with Crippen LogP contribution in [-0.4, -0.2) is 45.3 Å². The Balaban J connectivity index is 0.000000255. The lowest BCUT2D eigenvalue weighted by atomic mass is 9.93. The molecule has 2 aliphatic rings. The van der Waals surface area contributed by atoms with Crippen molar-refractivity contribution in [3.63, 3.8) is 0 Å². The molecule has 1 saturated heterocycles. The third-order valence-electron chi connectivity index (χ3n) is 7.57. The molecule has 1 fully saturated rings. The number of hydrogen-bond acceptors (Lipinski definition) is 8. The second kappa shape index (κ2) is 16.0. The third-order valence-corrected chi connectivity index (χ3v) is 7.57. The van der Waals surface area contributed by atoms with Gasteiger partial charge in [-0.05, 0) is 94.8 Å². The molecule has 0 spiro atoms. The summed E-state index contributed by atoms with van der Waals surface area (Å²) < 4.78 is 0. The number of rotatable bonds is 6. The highest BCUT2D eigenvalue weighted by Crippen LogP contribution is 2.30. The van der Waals surface area contributed by atoms with Gasteiger partial charge in [0.1, 0.15) is 0 Å². The van der Waals surface area contributed by atoms with Gasteiger partial charge in [0.2, 0.25) is 12.4 Å². The molecule has 9 nitrogen and oxygen atoms in total. The SMILES string of the molecule is C=C(C)C=C(C)C.Cc1cc(C)cc(Nc2ncc3c(n2)CN(C2CCN(C=O)C[C@H]2C)C3)c1.Cc1ccc(NN)c(N)c1. The van der Waals surface area contributed by atoms with Crippen molar-refractivity contribution in [2.75, 3.05) is 29.6 Å². The molecule has 2 aromatic carbocycles. The quantitative estimate of drug-likeness (QED) is 0.0843. The van der Waals surface area contributed by atoms with Gasteiger partial charge in [0.25, 0.3) is 0 Å². The lowest BCUT2D eigenvalue weighted by Crippen LogP contribution is -2.48. The maximum atomic E-state index is 11.0. The Labute approximate surface area is 263 Å². The lowest BCUT2D eigenvalue weighted by Gasteiger charge is -2.39. The number of amides is 1. The van der Waals surface area contributed by atoms with Crippen molar-refractivity contribution >= 4 is 29.4 Å². The Morgan fingerprint density at radius 3 is 2.30 bits per heavy atom. The van der Waals surface area contributed by atoms with Gasteiger partial charge < -0.3 is 21.4 Å². The van der Waals surface area contributed by atoms with E-state index in [1.807, 2.05) is 43.1 Å². The number of aromatic nitrogens is 2. The van der Waals surface area contributed by atoms with E-state index >= 15 is 0 Å². The van der Waals surface area contributed by atoms with Crippen molar-refractivity contribution in [3.05, 3.63) is 94.3 Å². The monoisotopic (exact) mass is 598 g/mol. The Hall–Kier alpha value is -4.21. The van der Waals surface area contributed by atoms with Crippen LogP contribution in [0, 0.1) is 26.7 Å². The van der Waals surface area contributed by atoms with Gasteiger partial charge in [-0.2, -0.15) is 0 Å². The molecule has 44 heavy (non-hydrogen) atoms. The van der Waals surface area contributed by atoms with E-state index in [0.29, 0.717) is 23.6 Å². The van der Waals surface area contributed by atoms with Gasteiger partial charge >= 0.3 is 0 Å². The number of fused-ring (bicyclic) bond motifs is 1. The van der Waals surface area contributed by atoms with E-state index in [9.17, 15) is 4.79 Å². The minimum atomic E-state index is 0.471. The fourth-order valence-electron chi connectivity index (χ4n) is 5.76. The van der Waals surface area contributed by atoms with Gasteiger partial charge in [0.05, 0.1) is 17.1 Å². The second-order valence-corrected chi connectivity index (χ2v) is 12.3. The molecule has 0 bridgehead atoms. The van der Waals surface area contributed by atoms with E-state index < -0.39 is 0 Å². The average molecular weight is 599 g/mol. The highest BCUT2D eigenvalue weighted by atomic mass is 16.1. The van der Waals surface area contributed by atoms with Crippen molar-refractivity contribution in [2.24, 2.45) is 11.8 Å². The Bertz CT molecular complexity index is 1440. The molecule has 1 unspecified atom stereocenters. The van der Waals surface area contributed by atoms with Crippen LogP contribution >= 0.6 is 0 Å². The third kappa shape index (κ3) is 10.2. The van der Waals surface area contributed by atoms with Crippen molar-refractivity contribution in [2.45, 2.75) is 74.0 Å². The molecule has 5 rings (SSSR count). The predicted molar refractivity (Wildman–Crippen MR) is 183 cm³/mol. The van der Waals surface area contributed by atoms with E-state index in [-0.39, 0.29) is 0 Å². The number of hydrazine groups is 1. The number of piperidine rings is 1. The highest BCUT2D eigenvalue weighted by Gasteiger charge is 2.34. The maximum absolute atomic E-state index is 11.0. The average Bonchev–Trinajstić information content (AvgIpc) is 3.35. The van der Waals surface area contributed by atoms with Crippen LogP contribution in [0.1, 0.15) is 62.1 Å². The fourth-order valence-corrected chi connectivity index (χ4v) is 5.76. The zero-order valence-electron chi connectivity index (χ0n) is 27.4. The summed E-state index contributed by atoms with van der Waals surface area (Å²) in [6.07, 6.45) is 6.01. The number of carbonyl (C=O) groups excluding carboxylic acids is 1. The minimum absolute atomic E-state index is 0.471. The van der Waals surface area contributed by atoms with Crippen LogP contribution in [0.25, 0.3) is 0 Å². The van der Waals surface area contributed by atoms with Gasteiger partial charge in [-0.15, -0.1) is 0 Å². The van der Waals surface area contributed by atoms with Gasteiger partial charge in [0, 0.05) is 49.7 Å². The van der Waals surface area contributed by atoms with Crippen LogP contribution in [0.2, 0.25) is 0 Å². The molecule has 3 heterocycles. The molecule has 1 aromatic heterocycles. The molecular formula is C35H50N8O. The van der Waals surface area contributed by atoms with Gasteiger partial charge in [-0.3, -0.25) is 15.5 Å². The number of nitrogens with one attached hydrogen (secondary N) is 2. The number of likely N-dealkylation sites (tertiary alicyclic amines) is 1. The zero-order valence-corrected chi connectivity index (χ0v) is 27.4. The number of nitrogen functional groups attached to an aromatic ring is 2. The number of allylic oxidation sites excluding steroid dienone is 3. The number of nitrogens with two attached hydrogens (primary N) is 2. The van der Waals surface area contributed by atoms with Gasteiger partial charge in [-0.1, -0.05) is 42.9 Å². The lowest BCUT2D eigenvalue weighted by molar-refractivity contribution is -0.120. The molecular weight excluding hydrogens is 548 g/mol. The first-order chi connectivity index (χ1) is 20.9. The molecule has 0 saturated carbocycles. The molecule has 9 heteroatoms. The van der Waals surface area contributed by atoms with Gasteiger partial charge in [0.15, 0.2) is 0 Å². The van der Waals surface area contributed by atoms with Crippen LogP contribution < -0.4 is 22.3 Å². The molecule has 2 aliphatic heterocycles. The van der Waals surface area contributed by atoms with Crippen LogP contribution in [0.15, 0.2) is 66.4 Å². The summed E-state index contributed by atoms with van der Waals surface area (Å²) in [7, 11) is 0. The second-order valence-electron chi connectivity index (χ2n) is 12.3. The number of benzene rings is 2. The number of aryl methyl sites for hydroxylation is 3. The van der Waals surface area contributed by atoms with Gasteiger partial charge in [-0.25, -0.2) is 9.97 Å². The summed E-state index contributed by atoms with van der Waals surface area (Å²) in [5.74, 6) is 6.30. The topological polar surface area (TPSA) is 125 Å². The number of nitrogens with zero attached hydrogens (tertiary/aromatic N) is 4. The first-order valence-electron chi connectivity index (χ1n) is 15.1. The summed E-state index contributed by atoms with van der Waals surface area (Å²) in [4.78, 5) is 24.7. The van der Waals surface area contributed by atoms with E-state index in [0.717, 1.165) is 67.2 Å². The molecule has 2 atom stereocenters. The first-order valence-corrected chi connectivity index (χ1v) is 15.1. The minimum Gasteiger partial charge on any atom is -0.397 e. The first kappa shape index (κ1) is 34.3. The number of carbonyl (C=O) groups is 1.